The van der Waals surface area contributed by atoms with E-state index in [0.29, 0.717) is 5.56 Å². The Hall–Kier alpha value is -2.28. The third kappa shape index (κ3) is 4.38. The van der Waals surface area contributed by atoms with Crippen molar-refractivity contribution < 1.29 is 18.0 Å². The SMILES string of the molecule is O=C(NCCCl)c1cccn(Cc2ccc(C(F)(F)F)cc2)c1=O. The number of nitrogens with zero attached hydrogens (tertiary/aromatic N) is 1. The van der Waals surface area contributed by atoms with E-state index in [4.69, 9.17) is 11.6 Å². The first-order chi connectivity index (χ1) is 11.3. The van der Waals surface area contributed by atoms with Gasteiger partial charge in [-0.1, -0.05) is 12.1 Å². The summed E-state index contributed by atoms with van der Waals surface area (Å²) in [5.41, 5.74) is -0.810. The molecule has 1 N–H and O–H groups in total. The van der Waals surface area contributed by atoms with Crippen molar-refractivity contribution in [2.24, 2.45) is 0 Å². The topological polar surface area (TPSA) is 51.1 Å². The molecule has 0 spiro atoms. The number of nitrogens with one attached hydrogen (secondary N) is 1. The van der Waals surface area contributed by atoms with Crippen LogP contribution in [0.25, 0.3) is 0 Å². The number of hydrogen-bond acceptors (Lipinski definition) is 2. The van der Waals surface area contributed by atoms with E-state index in [1.165, 1.54) is 35.0 Å². The number of aromatic nitrogens is 1. The van der Waals surface area contributed by atoms with Crippen molar-refractivity contribution in [3.63, 3.8) is 0 Å². The first-order valence-electron chi connectivity index (χ1n) is 7.02. The molecule has 8 heteroatoms. The number of amides is 1. The Balaban J connectivity index is 2.21. The largest absolute Gasteiger partial charge is 0.416 e. The maximum absolute atomic E-state index is 12.5. The Kier molecular flexibility index (Phi) is 5.66. The van der Waals surface area contributed by atoms with Crippen LogP contribution < -0.4 is 10.9 Å². The third-order valence-corrected chi connectivity index (χ3v) is 3.47. The minimum Gasteiger partial charge on any atom is -0.351 e. The normalized spacial score (nSPS) is 11.3. The molecule has 0 saturated heterocycles. The van der Waals surface area contributed by atoms with Crippen molar-refractivity contribution in [3.05, 3.63) is 69.6 Å². The van der Waals surface area contributed by atoms with Gasteiger partial charge in [-0.2, -0.15) is 13.2 Å². The molecule has 0 aliphatic carbocycles. The molecule has 0 bridgehead atoms. The molecule has 1 aromatic carbocycles. The van der Waals surface area contributed by atoms with E-state index in [2.05, 4.69) is 5.32 Å². The van der Waals surface area contributed by atoms with Crippen LogP contribution in [0.2, 0.25) is 0 Å². The van der Waals surface area contributed by atoms with E-state index in [0.717, 1.165) is 12.1 Å². The molecule has 0 saturated carbocycles. The maximum Gasteiger partial charge on any atom is 0.416 e. The Bertz CT molecular complexity index is 770. The van der Waals surface area contributed by atoms with Gasteiger partial charge in [0.05, 0.1) is 12.1 Å². The van der Waals surface area contributed by atoms with Crippen molar-refractivity contribution >= 4 is 17.5 Å². The van der Waals surface area contributed by atoms with Crippen molar-refractivity contribution in [1.29, 1.82) is 0 Å². The summed E-state index contributed by atoms with van der Waals surface area (Å²) in [5, 5.41) is 2.50. The first-order valence-corrected chi connectivity index (χ1v) is 7.56. The van der Waals surface area contributed by atoms with Gasteiger partial charge in [0.2, 0.25) is 0 Å². The number of hydrogen-bond donors (Lipinski definition) is 1. The molecule has 0 atom stereocenters. The Morgan fingerprint density at radius 2 is 1.83 bits per heavy atom. The number of pyridine rings is 1. The van der Waals surface area contributed by atoms with Crippen molar-refractivity contribution in [3.8, 4) is 0 Å². The van der Waals surface area contributed by atoms with Crippen LogP contribution in [0.3, 0.4) is 0 Å². The Labute approximate surface area is 140 Å². The number of carbonyl (C=O) groups is 1. The number of carbonyl (C=O) groups excluding carboxylic acids is 1. The molecule has 0 radical (unpaired) electrons. The maximum atomic E-state index is 12.5. The quantitative estimate of drug-likeness (QED) is 0.836. The zero-order valence-corrected chi connectivity index (χ0v) is 13.2. The molecule has 128 valence electrons. The molecule has 1 heterocycles. The minimum absolute atomic E-state index is 0.0467. The van der Waals surface area contributed by atoms with E-state index in [1.807, 2.05) is 0 Å². The van der Waals surface area contributed by atoms with Gasteiger partial charge in [-0.3, -0.25) is 9.59 Å². The average Bonchev–Trinajstić information content (AvgIpc) is 2.54. The predicted octanol–water partition coefficient (Wildman–Crippen LogP) is 2.88. The van der Waals surface area contributed by atoms with Crippen molar-refractivity contribution in [2.75, 3.05) is 12.4 Å². The smallest absolute Gasteiger partial charge is 0.351 e. The molecule has 4 nitrogen and oxygen atoms in total. The van der Waals surface area contributed by atoms with Crippen LogP contribution >= 0.6 is 11.6 Å². The van der Waals surface area contributed by atoms with E-state index in [1.54, 1.807) is 0 Å². The third-order valence-electron chi connectivity index (χ3n) is 3.28. The molecule has 0 aliphatic heterocycles. The summed E-state index contributed by atoms with van der Waals surface area (Å²) in [7, 11) is 0. The fourth-order valence-electron chi connectivity index (χ4n) is 2.09. The zero-order valence-electron chi connectivity index (χ0n) is 12.4. The second-order valence-corrected chi connectivity index (χ2v) is 5.37. The second-order valence-electron chi connectivity index (χ2n) is 4.99. The molecule has 1 amide bonds. The number of alkyl halides is 4. The molecule has 0 unspecified atom stereocenters. The highest BCUT2D eigenvalue weighted by Crippen LogP contribution is 2.29. The van der Waals surface area contributed by atoms with Crippen LogP contribution in [0.15, 0.2) is 47.4 Å². The number of benzene rings is 1. The van der Waals surface area contributed by atoms with Gasteiger partial charge in [-0.25, -0.2) is 0 Å². The Morgan fingerprint density at radius 1 is 1.17 bits per heavy atom. The van der Waals surface area contributed by atoms with Crippen molar-refractivity contribution in [1.82, 2.24) is 9.88 Å². The van der Waals surface area contributed by atoms with Crippen LogP contribution in [0.4, 0.5) is 13.2 Å². The lowest BCUT2D eigenvalue weighted by atomic mass is 10.1. The molecule has 1 aromatic heterocycles. The summed E-state index contributed by atoms with van der Waals surface area (Å²) in [4.78, 5) is 24.2. The fourth-order valence-corrected chi connectivity index (χ4v) is 2.18. The van der Waals surface area contributed by atoms with Gasteiger partial charge in [0, 0.05) is 18.6 Å². The van der Waals surface area contributed by atoms with Crippen LogP contribution in [-0.4, -0.2) is 22.9 Å². The summed E-state index contributed by atoms with van der Waals surface area (Å²) >= 11 is 5.48. The van der Waals surface area contributed by atoms with Gasteiger partial charge in [0.1, 0.15) is 5.56 Å². The van der Waals surface area contributed by atoms with Gasteiger partial charge in [0.15, 0.2) is 0 Å². The highest BCUT2D eigenvalue weighted by Gasteiger charge is 2.29. The van der Waals surface area contributed by atoms with Crippen LogP contribution in [-0.2, 0) is 12.7 Å². The predicted molar refractivity (Wildman–Crippen MR) is 84.3 cm³/mol. The first kappa shape index (κ1) is 18.1. The molecule has 0 fully saturated rings. The van der Waals surface area contributed by atoms with Gasteiger partial charge >= 0.3 is 6.18 Å². The lowest BCUT2D eigenvalue weighted by Gasteiger charge is -2.10. The summed E-state index contributed by atoms with van der Waals surface area (Å²) in [5.74, 6) is -0.319. The second kappa shape index (κ2) is 7.53. The van der Waals surface area contributed by atoms with Gasteiger partial charge in [-0.15, -0.1) is 11.6 Å². The molecular formula is C16H14ClF3N2O2. The zero-order chi connectivity index (χ0) is 17.7. The molecule has 2 aromatic rings. The van der Waals surface area contributed by atoms with E-state index >= 15 is 0 Å². The standard InChI is InChI=1S/C16H14ClF3N2O2/c17-7-8-21-14(23)13-2-1-9-22(15(13)24)10-11-3-5-12(6-4-11)16(18,19)20/h1-6,9H,7-8,10H2,(H,21,23). The van der Waals surface area contributed by atoms with Gasteiger partial charge in [0.25, 0.3) is 11.5 Å². The Morgan fingerprint density at radius 3 is 2.42 bits per heavy atom. The van der Waals surface area contributed by atoms with E-state index in [-0.39, 0.29) is 24.5 Å². The van der Waals surface area contributed by atoms with Crippen molar-refractivity contribution in [2.45, 2.75) is 12.7 Å². The molecular weight excluding hydrogens is 345 g/mol. The number of halogens is 4. The van der Waals surface area contributed by atoms with Crippen LogP contribution in [0.5, 0.6) is 0 Å². The molecule has 0 aliphatic rings. The highest BCUT2D eigenvalue weighted by atomic mass is 35.5. The monoisotopic (exact) mass is 358 g/mol. The van der Waals surface area contributed by atoms with Gasteiger partial charge < -0.3 is 9.88 Å². The fraction of sp³-hybridized carbons (Fsp3) is 0.250. The molecule has 24 heavy (non-hydrogen) atoms. The molecule has 2 rings (SSSR count). The highest BCUT2D eigenvalue weighted by molar-refractivity contribution is 6.18. The van der Waals surface area contributed by atoms with Gasteiger partial charge in [-0.05, 0) is 29.8 Å². The van der Waals surface area contributed by atoms with E-state index < -0.39 is 23.2 Å². The summed E-state index contributed by atoms with van der Waals surface area (Å²) in [6, 6.07) is 7.43. The lowest BCUT2D eigenvalue weighted by molar-refractivity contribution is -0.137. The summed E-state index contributed by atoms with van der Waals surface area (Å²) in [6.07, 6.45) is -2.94. The summed E-state index contributed by atoms with van der Waals surface area (Å²) < 4.78 is 38.9. The lowest BCUT2D eigenvalue weighted by Crippen LogP contribution is -2.33. The van der Waals surface area contributed by atoms with Crippen LogP contribution in [0, 0.1) is 0 Å². The number of rotatable bonds is 5. The summed E-state index contributed by atoms with van der Waals surface area (Å²) in [6.45, 7) is 0.293. The van der Waals surface area contributed by atoms with Crippen LogP contribution in [0.1, 0.15) is 21.5 Å². The minimum atomic E-state index is -4.41. The van der Waals surface area contributed by atoms with E-state index in [9.17, 15) is 22.8 Å². The average molecular weight is 359 g/mol.